The van der Waals surface area contributed by atoms with E-state index in [1.165, 1.54) is 29.2 Å². The number of carbonyl (C=O) groups excluding carboxylic acids is 1. The molecule has 0 N–H and O–H groups in total. The number of alkyl halides is 3. The molecule has 7 nitrogen and oxygen atoms in total. The molecule has 1 spiro atoms. The predicted octanol–water partition coefficient (Wildman–Crippen LogP) is 4.06. The van der Waals surface area contributed by atoms with Crippen molar-refractivity contribution >= 4 is 22.0 Å². The number of fused-ring (bicyclic) bond motifs is 1. The van der Waals surface area contributed by atoms with E-state index < -0.39 is 38.7 Å². The van der Waals surface area contributed by atoms with Crippen LogP contribution in [0.4, 0.5) is 18.0 Å². The van der Waals surface area contributed by atoms with Crippen molar-refractivity contribution in [3.05, 3.63) is 35.9 Å². The van der Waals surface area contributed by atoms with Gasteiger partial charge in [0.1, 0.15) is 17.0 Å². The van der Waals surface area contributed by atoms with E-state index in [-0.39, 0.29) is 17.9 Å². The maximum atomic E-state index is 12.9. The van der Waals surface area contributed by atoms with Crippen molar-refractivity contribution in [1.82, 2.24) is 4.90 Å². The molecule has 1 saturated heterocycles. The molecule has 2 aliphatic heterocycles. The second kappa shape index (κ2) is 7.36. The zero-order chi connectivity index (χ0) is 22.4. The molecule has 0 radical (unpaired) electrons. The van der Waals surface area contributed by atoms with Crippen molar-refractivity contribution in [3.63, 3.8) is 0 Å². The van der Waals surface area contributed by atoms with Crippen LogP contribution in [0.15, 0.2) is 30.3 Å². The average Bonchev–Trinajstić information content (AvgIpc) is 2.59. The van der Waals surface area contributed by atoms with Crippen molar-refractivity contribution < 1.29 is 40.0 Å². The van der Waals surface area contributed by atoms with Gasteiger partial charge in [-0.2, -0.15) is 21.6 Å². The number of ether oxygens (including phenoxy) is 2. The second-order valence-electron chi connectivity index (χ2n) is 8.16. The summed E-state index contributed by atoms with van der Waals surface area (Å²) < 4.78 is 77.7. The summed E-state index contributed by atoms with van der Waals surface area (Å²) >= 11 is 0. The van der Waals surface area contributed by atoms with Gasteiger partial charge in [0.2, 0.25) is 0 Å². The summed E-state index contributed by atoms with van der Waals surface area (Å²) in [6, 6.07) is 6.02. The van der Waals surface area contributed by atoms with Crippen LogP contribution in [-0.2, 0) is 19.0 Å². The third-order valence-corrected chi connectivity index (χ3v) is 5.45. The van der Waals surface area contributed by atoms with Crippen molar-refractivity contribution in [2.45, 2.75) is 50.3 Å². The molecular formula is C19H22F3NO6S. The van der Waals surface area contributed by atoms with Crippen LogP contribution in [0.1, 0.15) is 39.2 Å². The minimum atomic E-state index is -5.88. The maximum Gasteiger partial charge on any atom is 0.534 e. The monoisotopic (exact) mass is 449 g/mol. The van der Waals surface area contributed by atoms with Crippen LogP contribution in [0, 0.1) is 0 Å². The molecule has 0 aliphatic carbocycles. The molecule has 30 heavy (non-hydrogen) atoms. The van der Waals surface area contributed by atoms with Gasteiger partial charge in [0, 0.05) is 12.6 Å². The Kier molecular flexibility index (Phi) is 5.46. The first-order valence-corrected chi connectivity index (χ1v) is 10.6. The molecule has 1 aromatic carbocycles. The summed E-state index contributed by atoms with van der Waals surface area (Å²) in [4.78, 5) is 13.9. The number of halogens is 3. The SMILES string of the molecule is CC(C)(C)OC(=O)N1CCCC2(C=C(OS(=O)(=O)C(F)(F)F)c3ccccc3O2)C1. The first-order valence-electron chi connectivity index (χ1n) is 9.21. The van der Waals surface area contributed by atoms with Crippen molar-refractivity contribution in [1.29, 1.82) is 0 Å². The van der Waals surface area contributed by atoms with Gasteiger partial charge >= 0.3 is 21.7 Å². The summed E-state index contributed by atoms with van der Waals surface area (Å²) in [6.07, 6.45) is 1.43. The molecule has 1 fully saturated rings. The number of piperidine rings is 1. The summed E-state index contributed by atoms with van der Waals surface area (Å²) in [5.41, 5.74) is -7.49. The molecule has 2 aliphatic rings. The van der Waals surface area contributed by atoms with E-state index in [0.717, 1.165) is 0 Å². The first-order chi connectivity index (χ1) is 13.7. The van der Waals surface area contributed by atoms with Crippen molar-refractivity contribution in [2.24, 2.45) is 0 Å². The molecule has 2 heterocycles. The van der Waals surface area contributed by atoms with Crippen LogP contribution >= 0.6 is 0 Å². The maximum absolute atomic E-state index is 12.9. The van der Waals surface area contributed by atoms with E-state index in [4.69, 9.17) is 9.47 Å². The summed E-state index contributed by atoms with van der Waals surface area (Å²) in [7, 11) is -5.88. The third-order valence-electron chi connectivity index (χ3n) is 4.48. The zero-order valence-corrected chi connectivity index (χ0v) is 17.5. The lowest BCUT2D eigenvalue weighted by Gasteiger charge is -2.43. The quantitative estimate of drug-likeness (QED) is 0.500. The molecule has 0 saturated carbocycles. The van der Waals surface area contributed by atoms with Crippen molar-refractivity contribution in [2.75, 3.05) is 13.1 Å². The van der Waals surface area contributed by atoms with E-state index in [0.29, 0.717) is 19.4 Å². The van der Waals surface area contributed by atoms with Gasteiger partial charge in [-0.05, 0) is 45.7 Å². The van der Waals surface area contributed by atoms with Crippen LogP contribution in [0.2, 0.25) is 0 Å². The number of hydrogen-bond acceptors (Lipinski definition) is 6. The van der Waals surface area contributed by atoms with Crippen LogP contribution in [-0.4, -0.2) is 49.2 Å². The zero-order valence-electron chi connectivity index (χ0n) is 16.7. The molecule has 1 aromatic rings. The molecule has 0 bridgehead atoms. The van der Waals surface area contributed by atoms with Gasteiger partial charge in [0.05, 0.1) is 12.1 Å². The highest BCUT2D eigenvalue weighted by Crippen LogP contribution is 2.42. The summed E-state index contributed by atoms with van der Waals surface area (Å²) in [5, 5.41) is 0. The molecule has 3 rings (SSSR count). The van der Waals surface area contributed by atoms with Crippen LogP contribution in [0.3, 0.4) is 0 Å². The van der Waals surface area contributed by atoms with E-state index in [1.54, 1.807) is 26.8 Å². The Hall–Kier alpha value is -2.43. The highest BCUT2D eigenvalue weighted by atomic mass is 32.2. The predicted molar refractivity (Wildman–Crippen MR) is 101 cm³/mol. The lowest BCUT2D eigenvalue weighted by molar-refractivity contribution is -0.0511. The van der Waals surface area contributed by atoms with E-state index in [1.807, 2.05) is 0 Å². The van der Waals surface area contributed by atoms with E-state index in [2.05, 4.69) is 4.18 Å². The summed E-state index contributed by atoms with van der Waals surface area (Å²) in [6.45, 7) is 5.48. The number of rotatable bonds is 2. The normalized spacial score (nSPS) is 22.1. The Bertz CT molecular complexity index is 967. The molecular weight excluding hydrogens is 427 g/mol. The Morgan fingerprint density at radius 1 is 1.20 bits per heavy atom. The Morgan fingerprint density at radius 2 is 1.87 bits per heavy atom. The molecule has 1 atom stereocenters. The number of para-hydroxylation sites is 1. The smallest absolute Gasteiger partial charge is 0.480 e. The highest BCUT2D eigenvalue weighted by Gasteiger charge is 2.50. The fraction of sp³-hybridized carbons (Fsp3) is 0.526. The van der Waals surface area contributed by atoms with Crippen LogP contribution < -0.4 is 4.74 Å². The third kappa shape index (κ3) is 4.66. The minimum absolute atomic E-state index is 0.0326. The fourth-order valence-electron chi connectivity index (χ4n) is 3.29. The molecule has 1 amide bonds. The van der Waals surface area contributed by atoms with Crippen LogP contribution in [0.25, 0.3) is 5.76 Å². The van der Waals surface area contributed by atoms with E-state index >= 15 is 0 Å². The van der Waals surface area contributed by atoms with Gasteiger partial charge in [0.25, 0.3) is 0 Å². The molecule has 0 aromatic heterocycles. The Balaban J connectivity index is 1.96. The van der Waals surface area contributed by atoms with Gasteiger partial charge < -0.3 is 18.6 Å². The molecule has 166 valence electrons. The number of carbonyl (C=O) groups is 1. The average molecular weight is 449 g/mol. The van der Waals surface area contributed by atoms with E-state index in [9.17, 15) is 26.4 Å². The van der Waals surface area contributed by atoms with Crippen molar-refractivity contribution in [3.8, 4) is 5.75 Å². The lowest BCUT2D eigenvalue weighted by Crippen LogP contribution is -2.54. The highest BCUT2D eigenvalue weighted by molar-refractivity contribution is 7.87. The molecule has 11 heteroatoms. The number of nitrogens with zero attached hydrogens (tertiary/aromatic N) is 1. The standard InChI is InChI=1S/C19H22F3NO6S/c1-17(2,3)28-16(24)23-10-6-9-18(12-23)11-15(29-30(25,26)19(20,21)22)13-7-4-5-8-14(13)27-18/h4-5,7-8,11H,6,9-10,12H2,1-3H3. The fourth-order valence-corrected chi connectivity index (χ4v) is 3.76. The van der Waals surface area contributed by atoms with Gasteiger partial charge in [-0.1, -0.05) is 12.1 Å². The number of amides is 1. The molecule has 1 unspecified atom stereocenters. The largest absolute Gasteiger partial charge is 0.534 e. The number of likely N-dealkylation sites (tertiary alicyclic amines) is 1. The summed E-state index contributed by atoms with van der Waals surface area (Å²) in [5.74, 6) is -0.321. The second-order valence-corrected chi connectivity index (χ2v) is 9.70. The minimum Gasteiger partial charge on any atom is -0.480 e. The lowest BCUT2D eigenvalue weighted by atomic mass is 9.89. The van der Waals surface area contributed by atoms with Gasteiger partial charge in [-0.15, -0.1) is 0 Å². The first kappa shape index (κ1) is 22.3. The van der Waals surface area contributed by atoms with Gasteiger partial charge in [-0.3, -0.25) is 0 Å². The van der Waals surface area contributed by atoms with Crippen LogP contribution in [0.5, 0.6) is 5.75 Å². The number of hydrogen-bond donors (Lipinski definition) is 0. The van der Waals surface area contributed by atoms with Gasteiger partial charge in [0.15, 0.2) is 5.76 Å². The Labute approximate surface area is 172 Å². The van der Waals surface area contributed by atoms with Gasteiger partial charge in [-0.25, -0.2) is 4.79 Å². The Morgan fingerprint density at radius 3 is 2.50 bits per heavy atom. The number of benzene rings is 1. The topological polar surface area (TPSA) is 82.1 Å².